The van der Waals surface area contributed by atoms with E-state index in [0.29, 0.717) is 40.0 Å². The second-order valence-corrected chi connectivity index (χ2v) is 28.6. The van der Waals surface area contributed by atoms with Crippen molar-refractivity contribution in [2.45, 2.75) is 84.2 Å². The van der Waals surface area contributed by atoms with E-state index in [-0.39, 0.29) is 94.2 Å². The van der Waals surface area contributed by atoms with E-state index in [1.807, 2.05) is 23.0 Å². The van der Waals surface area contributed by atoms with Crippen molar-refractivity contribution in [3.05, 3.63) is 304 Å². The number of nitrogens with zero attached hydrogens (tertiary/aromatic N) is 14. The number of carbonyl (C=O) groups excluding carboxylic acids is 2. The van der Waals surface area contributed by atoms with Crippen LogP contribution in [0.3, 0.4) is 0 Å². The molecule has 0 saturated heterocycles. The standard InChI is InChI=1S/C31H24FN9O2.C21H21ClFN3O3.C16H13ClFN3O.C7H5ClFNO2.C7H6N4O2/c1-18(36-30(42)26-27(33)38-39-15-5-14-34-29(26)39)28-37-24-13-12-23(32)22(11-8-19-16-35-40(17-19)20-9-10-20)25(24)31(43)41(28)21-6-3-2-4-7-21;1-12(24-20(28)29-21(2,3)4)18-25-15-11-10-14(23)17(22)16(15)19(27)26(18)13-8-6-5-7-9-13;1-9(19)15-20-12-8-7-11(18)14(17)13(12)16(22)21(15)10-5-3-2-4-6-10;8-6-3(9)1-2-4(10)5(6)7(11)12;8-5-4(7(12)13)6-9-2-1-3-11(6)10-5/h2-7,12-18,20H,9-10H2,1H3,(H2,33,38)(H,36,42);5-12H,1-4H3,(H,24,28);2-9H,19H2,1H3;1-2H,10H2,(H,11,12);1-3H,(H2,8,10)(H,12,13)/t18-;12-;9-;;/m000../s1. The molecule has 8 heterocycles. The monoisotopic (exact) mass is 1670 g/mol. The van der Waals surface area contributed by atoms with Crippen molar-refractivity contribution < 1.29 is 51.7 Å². The number of carboxylic acids is 2. The lowest BCUT2D eigenvalue weighted by molar-refractivity contribution is 0.0503. The Hall–Kier alpha value is -14.4. The van der Waals surface area contributed by atoms with Gasteiger partial charge in [0, 0.05) is 36.7 Å². The largest absolute Gasteiger partial charge is 0.478 e. The van der Waals surface area contributed by atoms with Crippen molar-refractivity contribution in [3.8, 4) is 28.9 Å². The SMILES string of the molecule is C[C@H](N)c1nc2ccc(F)c(Cl)c2c(=O)n1-c1ccccc1.C[C@H](NC(=O)OC(C)(C)C)c1nc2ccc(F)c(Cl)c2c(=O)n1-c1ccccc1.C[C@H](NC(=O)c1c(N)nn2cccnc12)c1nc2ccc(F)c(C#Cc3cnn(C4CC4)c3)c2c(=O)n1-c1ccccc1.Nc1ccc(F)c(Cl)c1C(=O)O.Nc1nn2cccnc2c1C(=O)O. The van der Waals surface area contributed by atoms with Crippen LogP contribution < -0.4 is 50.2 Å². The molecule has 1 fully saturated rings. The minimum Gasteiger partial charge on any atom is -0.478 e. The van der Waals surface area contributed by atoms with E-state index in [1.54, 1.807) is 151 Å². The third-order valence-electron chi connectivity index (χ3n) is 17.7. The number of carbonyl (C=O) groups is 4. The summed E-state index contributed by atoms with van der Waals surface area (Å²) in [6.45, 7) is 10.4. The molecule has 0 radical (unpaired) electrons. The number of aromatic carboxylic acids is 2. The lowest BCUT2D eigenvalue weighted by Gasteiger charge is -2.23. The number of fused-ring (bicyclic) bond motifs is 5. The number of aromatic nitrogens is 14. The van der Waals surface area contributed by atoms with Gasteiger partial charge in [-0.15, -0.1) is 10.2 Å². The van der Waals surface area contributed by atoms with Crippen LogP contribution in [-0.2, 0) is 4.74 Å². The number of nitrogen functional groups attached to an aromatic ring is 3. The molecule has 30 nitrogen and oxygen atoms in total. The Labute approximate surface area is 685 Å². The molecule has 3 atom stereocenters. The first kappa shape index (κ1) is 84.0. The normalized spacial score (nSPS) is 12.4. The number of rotatable bonds is 12. The second-order valence-electron chi connectivity index (χ2n) is 27.4. The molecule has 0 spiro atoms. The molecule has 15 aromatic rings. The van der Waals surface area contributed by atoms with Crippen LogP contribution in [0.15, 0.2) is 203 Å². The maximum absolute atomic E-state index is 15.3. The molecular formula is C82H69Cl3F4N20O10. The van der Waals surface area contributed by atoms with Crippen molar-refractivity contribution in [2.24, 2.45) is 5.73 Å². The Balaban J connectivity index is 0.000000148. The summed E-state index contributed by atoms with van der Waals surface area (Å²) in [5.41, 5.74) is 23.6. The Morgan fingerprint density at radius 2 is 0.958 bits per heavy atom. The molecule has 16 rings (SSSR count). The molecule has 7 aromatic carbocycles. The smallest absolute Gasteiger partial charge is 0.408 e. The lowest BCUT2D eigenvalue weighted by atomic mass is 10.1. The average Bonchev–Trinajstić information content (AvgIpc) is 1.73. The number of hydrogen-bond acceptors (Lipinski definition) is 20. The summed E-state index contributed by atoms with van der Waals surface area (Å²) in [6, 6.07) is 38.3. The Bertz CT molecular complexity index is 6730. The number of para-hydroxylation sites is 3. The van der Waals surface area contributed by atoms with Crippen molar-refractivity contribution in [2.75, 3.05) is 17.2 Å². The van der Waals surface area contributed by atoms with Gasteiger partial charge in [0.2, 0.25) is 0 Å². The number of amides is 2. The summed E-state index contributed by atoms with van der Waals surface area (Å²) in [7, 11) is 0. The third kappa shape index (κ3) is 18.3. The zero-order valence-corrected chi connectivity index (χ0v) is 65.8. The molecule has 37 heteroatoms. The van der Waals surface area contributed by atoms with Gasteiger partial charge in [0.15, 0.2) is 22.9 Å². The number of nitrogens with one attached hydrogen (secondary N) is 2. The highest BCUT2D eigenvalue weighted by Crippen LogP contribution is 2.35. The molecule has 0 unspecified atom stereocenters. The number of carboxylic acid groups (broad SMARTS) is 2. The van der Waals surface area contributed by atoms with Crippen molar-refractivity contribution in [3.63, 3.8) is 0 Å². The zero-order valence-electron chi connectivity index (χ0n) is 63.5. The number of alkyl carbamates (subject to hydrolysis) is 1. The molecule has 1 aliphatic rings. The van der Waals surface area contributed by atoms with Crippen LogP contribution in [0.4, 0.5) is 39.7 Å². The number of anilines is 3. The van der Waals surface area contributed by atoms with Crippen molar-refractivity contribution in [1.82, 2.24) is 78.3 Å². The van der Waals surface area contributed by atoms with E-state index in [4.69, 9.17) is 77.7 Å². The van der Waals surface area contributed by atoms with Crippen molar-refractivity contribution >= 4 is 120 Å². The molecule has 0 bridgehead atoms. The number of nitrogens with two attached hydrogens (primary N) is 4. The molecule has 12 N–H and O–H groups in total. The van der Waals surface area contributed by atoms with Gasteiger partial charge in [0.05, 0.1) is 106 Å². The minimum atomic E-state index is -1.34. The van der Waals surface area contributed by atoms with Gasteiger partial charge >= 0.3 is 18.0 Å². The molecule has 606 valence electrons. The van der Waals surface area contributed by atoms with Crippen LogP contribution in [0.1, 0.15) is 138 Å². The number of hydrogen-bond donors (Lipinski definition) is 8. The van der Waals surface area contributed by atoms with Crippen LogP contribution in [-0.4, -0.2) is 107 Å². The van der Waals surface area contributed by atoms with Crippen LogP contribution in [0, 0.1) is 35.1 Å². The molecule has 0 aliphatic heterocycles. The van der Waals surface area contributed by atoms with Gasteiger partial charge in [0.25, 0.3) is 22.6 Å². The number of halogens is 7. The van der Waals surface area contributed by atoms with Crippen molar-refractivity contribution in [1.29, 1.82) is 0 Å². The van der Waals surface area contributed by atoms with Gasteiger partial charge in [-0.05, 0) is 151 Å². The molecule has 1 aliphatic carbocycles. The predicted molar refractivity (Wildman–Crippen MR) is 439 cm³/mol. The van der Waals surface area contributed by atoms with E-state index in [2.05, 4.69) is 57.7 Å². The maximum atomic E-state index is 15.3. The first-order chi connectivity index (χ1) is 56.7. The molecule has 119 heavy (non-hydrogen) atoms. The zero-order chi connectivity index (χ0) is 85.6. The van der Waals surface area contributed by atoms with Gasteiger partial charge in [-0.3, -0.25) is 37.6 Å². The Kier molecular flexibility index (Phi) is 25.0. The van der Waals surface area contributed by atoms with Gasteiger partial charge in [-0.1, -0.05) is 101 Å². The summed E-state index contributed by atoms with van der Waals surface area (Å²) < 4.78 is 69.5. The van der Waals surface area contributed by atoms with Gasteiger partial charge in [0.1, 0.15) is 63.0 Å². The molecule has 8 aromatic heterocycles. The van der Waals surface area contributed by atoms with Gasteiger partial charge < -0.3 is 48.5 Å². The summed E-state index contributed by atoms with van der Waals surface area (Å²) in [6.07, 6.45) is 11.2. The topological polar surface area (TPSA) is 429 Å². The summed E-state index contributed by atoms with van der Waals surface area (Å²) in [5, 5.41) is 34.2. The Morgan fingerprint density at radius 1 is 0.538 bits per heavy atom. The highest BCUT2D eigenvalue weighted by atomic mass is 35.5. The van der Waals surface area contributed by atoms with Crippen LogP contribution in [0.5, 0.6) is 0 Å². The quantitative estimate of drug-likeness (QED) is 0.0320. The average molecular weight is 1680 g/mol. The maximum Gasteiger partial charge on any atom is 0.408 e. The predicted octanol–water partition coefficient (Wildman–Crippen LogP) is 13.3. The number of benzene rings is 7. The second kappa shape index (κ2) is 35.4. The van der Waals surface area contributed by atoms with E-state index < -0.39 is 98.2 Å². The first-order valence-electron chi connectivity index (χ1n) is 35.9. The minimum absolute atomic E-state index is 0.0108. The van der Waals surface area contributed by atoms with E-state index in [1.165, 1.54) is 65.5 Å². The first-order valence-corrected chi connectivity index (χ1v) is 37.1. The van der Waals surface area contributed by atoms with Gasteiger partial charge in [-0.2, -0.15) is 5.10 Å². The van der Waals surface area contributed by atoms with E-state index >= 15 is 4.39 Å². The summed E-state index contributed by atoms with van der Waals surface area (Å²) >= 11 is 17.4. The molecule has 2 amide bonds. The highest BCUT2D eigenvalue weighted by molar-refractivity contribution is 6.36. The van der Waals surface area contributed by atoms with E-state index in [9.17, 15) is 46.7 Å². The highest BCUT2D eigenvalue weighted by Gasteiger charge is 2.30. The molecular weight excluding hydrogens is 1610 g/mol. The van der Waals surface area contributed by atoms with Crippen LogP contribution in [0.25, 0.3) is 61.1 Å². The van der Waals surface area contributed by atoms with Crippen LogP contribution >= 0.6 is 34.8 Å². The molecule has 1 saturated carbocycles. The lowest BCUT2D eigenvalue weighted by Crippen LogP contribution is -2.37. The van der Waals surface area contributed by atoms with E-state index in [0.717, 1.165) is 31.0 Å². The fourth-order valence-corrected chi connectivity index (χ4v) is 12.9. The fourth-order valence-electron chi connectivity index (χ4n) is 12.2. The van der Waals surface area contributed by atoms with Crippen LogP contribution in [0.2, 0.25) is 15.1 Å². The summed E-state index contributed by atoms with van der Waals surface area (Å²) in [4.78, 5) is 109. The fraction of sp³-hybridized carbons (Fsp3) is 0.159. The third-order valence-corrected chi connectivity index (χ3v) is 18.8. The number of ether oxygens (including phenoxy) is 1. The van der Waals surface area contributed by atoms with Gasteiger partial charge in [-0.25, -0.2) is 65.9 Å². The summed E-state index contributed by atoms with van der Waals surface area (Å²) in [5.74, 6) is 0.912. The Morgan fingerprint density at radius 3 is 1.42 bits per heavy atom.